The van der Waals surface area contributed by atoms with Crippen molar-refractivity contribution in [1.29, 1.82) is 0 Å². The first-order chi connectivity index (χ1) is 15.1. The van der Waals surface area contributed by atoms with Gasteiger partial charge < -0.3 is 19.3 Å². The van der Waals surface area contributed by atoms with E-state index in [1.165, 1.54) is 26.4 Å². The molecule has 156 valence electrons. The van der Waals surface area contributed by atoms with Gasteiger partial charge in [-0.15, -0.1) is 0 Å². The summed E-state index contributed by atoms with van der Waals surface area (Å²) in [7, 11) is 3.08. The van der Waals surface area contributed by atoms with Crippen molar-refractivity contribution in [3.63, 3.8) is 0 Å². The van der Waals surface area contributed by atoms with E-state index in [0.29, 0.717) is 45.6 Å². The normalized spacial score (nSPS) is 10.5. The number of amides is 1. The standard InChI is InChI=1S/C23H18FN3O4/c1-29-19-11-18(12-20(13-19)30-2)25-22(28)15-3-5-16(6-4-15)23-26-21(27-31-23)14-7-9-17(24)10-8-14/h3-13H,1-2H3,(H,25,28). The van der Waals surface area contributed by atoms with Crippen LogP contribution in [-0.4, -0.2) is 30.3 Å². The van der Waals surface area contributed by atoms with E-state index in [4.69, 9.17) is 14.0 Å². The Morgan fingerprint density at radius 3 is 2.13 bits per heavy atom. The van der Waals surface area contributed by atoms with Crippen LogP contribution in [0.2, 0.25) is 0 Å². The summed E-state index contributed by atoms with van der Waals surface area (Å²) in [5, 5.41) is 6.74. The maximum absolute atomic E-state index is 13.1. The molecule has 0 bridgehead atoms. The number of hydrogen-bond donors (Lipinski definition) is 1. The van der Waals surface area contributed by atoms with E-state index >= 15 is 0 Å². The van der Waals surface area contributed by atoms with Crippen LogP contribution >= 0.6 is 0 Å². The van der Waals surface area contributed by atoms with Crippen molar-refractivity contribution < 1.29 is 23.2 Å². The third-order valence-corrected chi connectivity index (χ3v) is 4.53. The SMILES string of the molecule is COc1cc(NC(=O)c2ccc(-c3nc(-c4ccc(F)cc4)no3)cc2)cc(OC)c1. The molecule has 0 unspecified atom stereocenters. The van der Waals surface area contributed by atoms with E-state index in [0.717, 1.165) is 0 Å². The Balaban J connectivity index is 1.49. The summed E-state index contributed by atoms with van der Waals surface area (Å²) in [6.45, 7) is 0. The first kappa shape index (κ1) is 20.1. The zero-order chi connectivity index (χ0) is 21.8. The van der Waals surface area contributed by atoms with Gasteiger partial charge >= 0.3 is 0 Å². The summed E-state index contributed by atoms with van der Waals surface area (Å²) in [5.41, 5.74) is 2.29. The van der Waals surface area contributed by atoms with Crippen LogP contribution in [0.4, 0.5) is 10.1 Å². The molecule has 0 aliphatic rings. The van der Waals surface area contributed by atoms with E-state index in [1.54, 1.807) is 54.6 Å². The monoisotopic (exact) mass is 419 g/mol. The molecule has 0 saturated heterocycles. The smallest absolute Gasteiger partial charge is 0.258 e. The molecular weight excluding hydrogens is 401 g/mol. The molecule has 3 aromatic carbocycles. The second-order valence-corrected chi connectivity index (χ2v) is 6.56. The van der Waals surface area contributed by atoms with E-state index in [9.17, 15) is 9.18 Å². The van der Waals surface area contributed by atoms with Gasteiger partial charge in [-0.05, 0) is 48.5 Å². The van der Waals surface area contributed by atoms with Crippen LogP contribution in [-0.2, 0) is 0 Å². The Kier molecular flexibility index (Phi) is 5.61. The molecular formula is C23H18FN3O4. The number of carbonyl (C=O) groups is 1. The summed E-state index contributed by atoms with van der Waals surface area (Å²) in [6, 6.07) is 17.7. The fourth-order valence-corrected chi connectivity index (χ4v) is 2.90. The van der Waals surface area contributed by atoms with Crippen molar-refractivity contribution in [3.8, 4) is 34.3 Å². The van der Waals surface area contributed by atoms with Gasteiger partial charge in [-0.1, -0.05) is 5.16 Å². The Morgan fingerprint density at radius 1 is 0.903 bits per heavy atom. The van der Waals surface area contributed by atoms with E-state index in [1.807, 2.05) is 0 Å². The first-order valence-corrected chi connectivity index (χ1v) is 9.30. The predicted molar refractivity (Wildman–Crippen MR) is 113 cm³/mol. The summed E-state index contributed by atoms with van der Waals surface area (Å²) in [5.74, 6) is 1.15. The molecule has 0 fully saturated rings. The molecule has 7 nitrogen and oxygen atoms in total. The summed E-state index contributed by atoms with van der Waals surface area (Å²) in [6.07, 6.45) is 0. The van der Waals surface area contributed by atoms with Crippen molar-refractivity contribution in [2.45, 2.75) is 0 Å². The van der Waals surface area contributed by atoms with Gasteiger partial charge in [0.2, 0.25) is 5.82 Å². The molecule has 0 radical (unpaired) electrons. The third kappa shape index (κ3) is 4.53. The molecule has 4 rings (SSSR count). The van der Waals surface area contributed by atoms with Gasteiger partial charge in [0.05, 0.1) is 14.2 Å². The third-order valence-electron chi connectivity index (χ3n) is 4.53. The van der Waals surface area contributed by atoms with Crippen LogP contribution in [0, 0.1) is 5.82 Å². The Hall–Kier alpha value is -4.20. The lowest BCUT2D eigenvalue weighted by Gasteiger charge is -2.10. The molecule has 31 heavy (non-hydrogen) atoms. The second kappa shape index (κ2) is 8.66. The van der Waals surface area contributed by atoms with Crippen LogP contribution in [0.15, 0.2) is 71.3 Å². The van der Waals surface area contributed by atoms with Gasteiger partial charge in [0, 0.05) is 40.6 Å². The van der Waals surface area contributed by atoms with Gasteiger partial charge in [0.25, 0.3) is 11.8 Å². The average molecular weight is 419 g/mol. The highest BCUT2D eigenvalue weighted by Gasteiger charge is 2.13. The molecule has 0 saturated carbocycles. The van der Waals surface area contributed by atoms with Gasteiger partial charge in [0.15, 0.2) is 0 Å². The minimum Gasteiger partial charge on any atom is -0.497 e. The van der Waals surface area contributed by atoms with Crippen LogP contribution in [0.1, 0.15) is 10.4 Å². The zero-order valence-electron chi connectivity index (χ0n) is 16.8. The number of nitrogens with one attached hydrogen (secondary N) is 1. The topological polar surface area (TPSA) is 86.5 Å². The molecule has 1 N–H and O–H groups in total. The number of carbonyl (C=O) groups excluding carboxylic acids is 1. The lowest BCUT2D eigenvalue weighted by molar-refractivity contribution is 0.102. The highest BCUT2D eigenvalue weighted by atomic mass is 19.1. The fourth-order valence-electron chi connectivity index (χ4n) is 2.90. The summed E-state index contributed by atoms with van der Waals surface area (Å²) < 4.78 is 28.8. The Labute approximate surface area is 177 Å². The molecule has 0 spiro atoms. The number of halogens is 1. The van der Waals surface area contributed by atoms with Crippen LogP contribution < -0.4 is 14.8 Å². The number of anilines is 1. The quantitative estimate of drug-likeness (QED) is 0.483. The molecule has 1 heterocycles. The van der Waals surface area contributed by atoms with E-state index < -0.39 is 0 Å². The van der Waals surface area contributed by atoms with Crippen LogP contribution in [0.5, 0.6) is 11.5 Å². The maximum Gasteiger partial charge on any atom is 0.258 e. The molecule has 8 heteroatoms. The maximum atomic E-state index is 13.1. The average Bonchev–Trinajstić information content (AvgIpc) is 3.29. The number of aromatic nitrogens is 2. The van der Waals surface area contributed by atoms with Crippen molar-refractivity contribution in [3.05, 3.63) is 78.1 Å². The van der Waals surface area contributed by atoms with Gasteiger partial charge in [-0.2, -0.15) is 4.98 Å². The van der Waals surface area contributed by atoms with Gasteiger partial charge in [-0.3, -0.25) is 4.79 Å². The van der Waals surface area contributed by atoms with Crippen LogP contribution in [0.3, 0.4) is 0 Å². The van der Waals surface area contributed by atoms with Crippen LogP contribution in [0.25, 0.3) is 22.8 Å². The number of methoxy groups -OCH3 is 2. The first-order valence-electron chi connectivity index (χ1n) is 9.30. The van der Waals surface area contributed by atoms with Crippen molar-refractivity contribution in [2.24, 2.45) is 0 Å². The zero-order valence-corrected chi connectivity index (χ0v) is 16.8. The van der Waals surface area contributed by atoms with Gasteiger partial charge in [0.1, 0.15) is 17.3 Å². The fraction of sp³-hybridized carbons (Fsp3) is 0.0870. The molecule has 1 amide bonds. The number of ether oxygens (including phenoxy) is 2. The predicted octanol–water partition coefficient (Wildman–Crippen LogP) is 4.81. The number of benzene rings is 3. The highest BCUT2D eigenvalue weighted by molar-refractivity contribution is 6.04. The Morgan fingerprint density at radius 2 is 1.52 bits per heavy atom. The lowest BCUT2D eigenvalue weighted by atomic mass is 10.1. The van der Waals surface area contributed by atoms with Gasteiger partial charge in [-0.25, -0.2) is 4.39 Å². The molecule has 1 aromatic heterocycles. The van der Waals surface area contributed by atoms with Crippen molar-refractivity contribution in [1.82, 2.24) is 10.1 Å². The molecule has 0 aliphatic heterocycles. The highest BCUT2D eigenvalue weighted by Crippen LogP contribution is 2.27. The molecule has 0 aliphatic carbocycles. The lowest BCUT2D eigenvalue weighted by Crippen LogP contribution is -2.11. The minimum atomic E-state index is -0.339. The minimum absolute atomic E-state index is 0.292. The number of hydrogen-bond acceptors (Lipinski definition) is 6. The molecule has 0 atom stereocenters. The largest absolute Gasteiger partial charge is 0.497 e. The van der Waals surface area contributed by atoms with Crippen molar-refractivity contribution in [2.75, 3.05) is 19.5 Å². The Bertz CT molecular complexity index is 1180. The molecule has 4 aromatic rings. The van der Waals surface area contributed by atoms with Crippen molar-refractivity contribution >= 4 is 11.6 Å². The second-order valence-electron chi connectivity index (χ2n) is 6.56. The summed E-state index contributed by atoms with van der Waals surface area (Å²) in [4.78, 5) is 16.9. The summed E-state index contributed by atoms with van der Waals surface area (Å²) >= 11 is 0. The number of rotatable bonds is 6. The number of nitrogens with zero attached hydrogens (tertiary/aromatic N) is 2. The van der Waals surface area contributed by atoms with E-state index in [-0.39, 0.29) is 11.7 Å². The van der Waals surface area contributed by atoms with E-state index in [2.05, 4.69) is 15.5 Å².